The van der Waals surface area contributed by atoms with Crippen LogP contribution in [0.5, 0.6) is 5.75 Å². The van der Waals surface area contributed by atoms with Crippen LogP contribution in [0.1, 0.15) is 38.7 Å². The minimum atomic E-state index is 0.328. The Bertz CT molecular complexity index is 463. The van der Waals surface area contributed by atoms with E-state index in [4.69, 9.17) is 11.2 Å². The summed E-state index contributed by atoms with van der Waals surface area (Å²) in [6.07, 6.45) is 9.19. The first-order valence-electron chi connectivity index (χ1n) is 7.58. The van der Waals surface area contributed by atoms with Gasteiger partial charge in [0.2, 0.25) is 0 Å². The van der Waals surface area contributed by atoms with Crippen LogP contribution in [0.15, 0.2) is 24.3 Å². The molecular formula is C18H25NO. The quantitative estimate of drug-likeness (QED) is 0.826. The summed E-state index contributed by atoms with van der Waals surface area (Å²) in [4.78, 5) is 0. The molecule has 1 saturated carbocycles. The molecule has 0 amide bonds. The van der Waals surface area contributed by atoms with E-state index >= 15 is 0 Å². The van der Waals surface area contributed by atoms with Gasteiger partial charge in [0.1, 0.15) is 12.4 Å². The van der Waals surface area contributed by atoms with E-state index in [0.29, 0.717) is 12.6 Å². The topological polar surface area (TPSA) is 21.3 Å². The van der Waals surface area contributed by atoms with Gasteiger partial charge >= 0.3 is 0 Å². The summed E-state index contributed by atoms with van der Waals surface area (Å²) >= 11 is 0. The van der Waals surface area contributed by atoms with Gasteiger partial charge in [0, 0.05) is 18.2 Å². The average molecular weight is 271 g/mol. The lowest BCUT2D eigenvalue weighted by molar-refractivity contribution is 0.226. The highest BCUT2D eigenvalue weighted by Crippen LogP contribution is 2.29. The van der Waals surface area contributed by atoms with E-state index in [9.17, 15) is 0 Å². The van der Waals surface area contributed by atoms with E-state index in [1.54, 1.807) is 0 Å². The number of nitrogens with one attached hydrogen (secondary N) is 1. The molecule has 0 heterocycles. The smallest absolute Gasteiger partial charge is 0.148 e. The van der Waals surface area contributed by atoms with Crippen LogP contribution in [0, 0.1) is 24.2 Å². The number of terminal acetylenes is 1. The molecule has 0 bridgehead atoms. The zero-order chi connectivity index (χ0) is 14.4. The van der Waals surface area contributed by atoms with Crippen LogP contribution in [-0.4, -0.2) is 12.6 Å². The number of hydrogen-bond donors (Lipinski definition) is 1. The zero-order valence-corrected chi connectivity index (χ0v) is 12.6. The molecule has 0 saturated heterocycles. The molecule has 1 fully saturated rings. The third kappa shape index (κ3) is 4.02. The Hall–Kier alpha value is -1.46. The van der Waals surface area contributed by atoms with Crippen molar-refractivity contribution in [2.75, 3.05) is 6.61 Å². The summed E-state index contributed by atoms with van der Waals surface area (Å²) in [6.45, 7) is 5.89. The van der Waals surface area contributed by atoms with Crippen molar-refractivity contribution >= 4 is 0 Å². The van der Waals surface area contributed by atoms with Gasteiger partial charge in [-0.05, 0) is 37.2 Å². The molecule has 2 rings (SSSR count). The van der Waals surface area contributed by atoms with Crippen molar-refractivity contribution in [1.82, 2.24) is 5.32 Å². The van der Waals surface area contributed by atoms with Crippen molar-refractivity contribution in [3.63, 3.8) is 0 Å². The Morgan fingerprint density at radius 2 is 2.10 bits per heavy atom. The van der Waals surface area contributed by atoms with Crippen molar-refractivity contribution in [1.29, 1.82) is 0 Å². The minimum Gasteiger partial charge on any atom is -0.481 e. The van der Waals surface area contributed by atoms with Gasteiger partial charge in [0.05, 0.1) is 0 Å². The lowest BCUT2D eigenvalue weighted by Gasteiger charge is -2.33. The van der Waals surface area contributed by atoms with Gasteiger partial charge in [0.25, 0.3) is 0 Å². The van der Waals surface area contributed by atoms with Gasteiger partial charge in [-0.3, -0.25) is 0 Å². The first kappa shape index (κ1) is 14.9. The van der Waals surface area contributed by atoms with Crippen LogP contribution in [0.25, 0.3) is 0 Å². The number of ether oxygens (including phenoxy) is 1. The Morgan fingerprint density at radius 3 is 2.85 bits per heavy atom. The fraction of sp³-hybridized carbons (Fsp3) is 0.556. The number of hydrogen-bond acceptors (Lipinski definition) is 2. The molecule has 0 aromatic heterocycles. The van der Waals surface area contributed by atoms with Crippen molar-refractivity contribution in [3.8, 4) is 18.1 Å². The second kappa shape index (κ2) is 7.36. The predicted molar refractivity (Wildman–Crippen MR) is 83.6 cm³/mol. The van der Waals surface area contributed by atoms with E-state index in [2.05, 4.69) is 31.2 Å². The Morgan fingerprint density at radius 1 is 1.30 bits per heavy atom. The average Bonchev–Trinajstić information content (AvgIpc) is 2.45. The second-order valence-electron chi connectivity index (χ2n) is 5.98. The van der Waals surface area contributed by atoms with Crippen LogP contribution < -0.4 is 10.1 Å². The van der Waals surface area contributed by atoms with E-state index in [-0.39, 0.29) is 0 Å². The van der Waals surface area contributed by atoms with Gasteiger partial charge in [-0.1, -0.05) is 38.0 Å². The number of benzene rings is 1. The van der Waals surface area contributed by atoms with Gasteiger partial charge in [-0.2, -0.15) is 0 Å². The van der Waals surface area contributed by atoms with Crippen LogP contribution in [-0.2, 0) is 6.54 Å². The molecule has 1 aliphatic carbocycles. The van der Waals surface area contributed by atoms with E-state index in [1.807, 2.05) is 18.2 Å². The highest BCUT2D eigenvalue weighted by Gasteiger charge is 2.24. The van der Waals surface area contributed by atoms with Crippen molar-refractivity contribution in [2.45, 2.75) is 45.7 Å². The Balaban J connectivity index is 1.92. The molecule has 108 valence electrons. The molecular weight excluding hydrogens is 246 g/mol. The zero-order valence-electron chi connectivity index (χ0n) is 12.6. The molecule has 1 aromatic carbocycles. The van der Waals surface area contributed by atoms with Gasteiger partial charge in [0.15, 0.2) is 0 Å². The van der Waals surface area contributed by atoms with E-state index < -0.39 is 0 Å². The third-order valence-electron chi connectivity index (χ3n) is 4.27. The standard InChI is InChI=1S/C18H25NO/c1-4-11-20-18-8-6-5-7-16(18)13-19-17-10-9-14(2)12-15(17)3/h1,5-8,14-15,17,19H,9-13H2,2-3H3. The number of rotatable bonds is 5. The summed E-state index contributed by atoms with van der Waals surface area (Å²) in [5.74, 6) is 5.03. The molecule has 0 radical (unpaired) electrons. The molecule has 1 aliphatic rings. The van der Waals surface area contributed by atoms with Gasteiger partial charge < -0.3 is 10.1 Å². The summed E-state index contributed by atoms with van der Waals surface area (Å²) in [5, 5.41) is 3.69. The van der Waals surface area contributed by atoms with E-state index in [1.165, 1.54) is 24.8 Å². The summed E-state index contributed by atoms with van der Waals surface area (Å²) < 4.78 is 5.59. The highest BCUT2D eigenvalue weighted by atomic mass is 16.5. The monoisotopic (exact) mass is 271 g/mol. The molecule has 20 heavy (non-hydrogen) atoms. The van der Waals surface area contributed by atoms with Gasteiger partial charge in [-0.25, -0.2) is 0 Å². The summed E-state index contributed by atoms with van der Waals surface area (Å²) in [7, 11) is 0. The minimum absolute atomic E-state index is 0.328. The lowest BCUT2D eigenvalue weighted by atomic mass is 9.80. The predicted octanol–water partition coefficient (Wildman–Crippen LogP) is 3.61. The molecule has 0 aliphatic heterocycles. The maximum Gasteiger partial charge on any atom is 0.148 e. The first-order valence-corrected chi connectivity index (χ1v) is 7.58. The Labute approximate surface area is 122 Å². The van der Waals surface area contributed by atoms with E-state index in [0.717, 1.165) is 24.1 Å². The van der Waals surface area contributed by atoms with Crippen LogP contribution >= 0.6 is 0 Å². The van der Waals surface area contributed by atoms with Crippen molar-refractivity contribution < 1.29 is 4.74 Å². The second-order valence-corrected chi connectivity index (χ2v) is 5.98. The SMILES string of the molecule is C#CCOc1ccccc1CNC1CCC(C)CC1C. The molecule has 2 nitrogen and oxygen atoms in total. The normalized spacial score (nSPS) is 25.9. The maximum absolute atomic E-state index is 5.59. The maximum atomic E-state index is 5.59. The highest BCUT2D eigenvalue weighted by molar-refractivity contribution is 5.33. The van der Waals surface area contributed by atoms with Crippen molar-refractivity contribution in [3.05, 3.63) is 29.8 Å². The summed E-state index contributed by atoms with van der Waals surface area (Å²) in [6, 6.07) is 8.74. The van der Waals surface area contributed by atoms with Crippen LogP contribution in [0.4, 0.5) is 0 Å². The molecule has 0 spiro atoms. The molecule has 3 unspecified atom stereocenters. The van der Waals surface area contributed by atoms with Crippen LogP contribution in [0.2, 0.25) is 0 Å². The third-order valence-corrected chi connectivity index (χ3v) is 4.27. The fourth-order valence-corrected chi connectivity index (χ4v) is 3.12. The summed E-state index contributed by atoms with van der Waals surface area (Å²) in [5.41, 5.74) is 1.19. The Kier molecular flexibility index (Phi) is 5.49. The fourth-order valence-electron chi connectivity index (χ4n) is 3.12. The number of para-hydroxylation sites is 1. The molecule has 2 heteroatoms. The van der Waals surface area contributed by atoms with Gasteiger partial charge in [-0.15, -0.1) is 6.42 Å². The lowest BCUT2D eigenvalue weighted by Crippen LogP contribution is -2.38. The van der Waals surface area contributed by atoms with Crippen LogP contribution in [0.3, 0.4) is 0 Å². The van der Waals surface area contributed by atoms with Crippen molar-refractivity contribution in [2.24, 2.45) is 11.8 Å². The first-order chi connectivity index (χ1) is 9.70. The molecule has 1 aromatic rings. The molecule has 1 N–H and O–H groups in total. The largest absolute Gasteiger partial charge is 0.481 e. The molecule has 3 atom stereocenters.